The van der Waals surface area contributed by atoms with Gasteiger partial charge in [0.05, 0.1) is 11.2 Å². The maximum atomic E-state index is 10.7. The highest BCUT2D eigenvalue weighted by molar-refractivity contribution is 9.10. The van der Waals surface area contributed by atoms with Gasteiger partial charge < -0.3 is 9.67 Å². The van der Waals surface area contributed by atoms with Crippen molar-refractivity contribution in [3.05, 3.63) is 58.7 Å². The molecule has 0 amide bonds. The average molecular weight is 346 g/mol. The van der Waals surface area contributed by atoms with Crippen LogP contribution in [0.25, 0.3) is 10.9 Å². The smallest absolute Gasteiger partial charge is 0.155 e. The monoisotopic (exact) mass is 345 g/mol. The van der Waals surface area contributed by atoms with Gasteiger partial charge in [0.15, 0.2) is 6.10 Å². The molecular formula is C16H16BrN3O. The van der Waals surface area contributed by atoms with Gasteiger partial charge in [-0.1, -0.05) is 25.1 Å². The number of aromatic nitrogens is 3. The molecule has 2 aromatic heterocycles. The Labute approximate surface area is 131 Å². The van der Waals surface area contributed by atoms with E-state index in [1.807, 2.05) is 41.1 Å². The zero-order valence-electron chi connectivity index (χ0n) is 11.7. The first-order valence-corrected chi connectivity index (χ1v) is 7.74. The van der Waals surface area contributed by atoms with Gasteiger partial charge in [-0.2, -0.15) is 0 Å². The molecule has 1 N–H and O–H groups in total. The number of aliphatic hydroxyl groups is 1. The average Bonchev–Trinajstić information content (AvgIpc) is 2.94. The van der Waals surface area contributed by atoms with E-state index in [1.165, 1.54) is 0 Å². The Kier molecular flexibility index (Phi) is 4.03. The van der Waals surface area contributed by atoms with E-state index in [1.54, 1.807) is 6.20 Å². The maximum Gasteiger partial charge on any atom is 0.155 e. The predicted molar refractivity (Wildman–Crippen MR) is 86.0 cm³/mol. The molecule has 0 aliphatic heterocycles. The zero-order valence-corrected chi connectivity index (χ0v) is 13.3. The van der Waals surface area contributed by atoms with E-state index in [0.29, 0.717) is 11.5 Å². The second-order valence-electron chi connectivity index (χ2n) is 4.93. The number of fused-ring (bicyclic) bond motifs is 1. The van der Waals surface area contributed by atoms with E-state index in [-0.39, 0.29) is 0 Å². The Morgan fingerprint density at radius 3 is 2.95 bits per heavy atom. The highest BCUT2D eigenvalue weighted by Gasteiger charge is 2.20. The van der Waals surface area contributed by atoms with Gasteiger partial charge in [-0.15, -0.1) is 0 Å². The molecule has 3 rings (SSSR count). The van der Waals surface area contributed by atoms with Crippen LogP contribution < -0.4 is 0 Å². The summed E-state index contributed by atoms with van der Waals surface area (Å²) in [4.78, 5) is 8.87. The second kappa shape index (κ2) is 5.95. The van der Waals surface area contributed by atoms with Crippen LogP contribution in [-0.4, -0.2) is 19.6 Å². The minimum Gasteiger partial charge on any atom is -0.379 e. The van der Waals surface area contributed by atoms with Crippen LogP contribution in [0.15, 0.2) is 47.2 Å². The zero-order chi connectivity index (χ0) is 14.8. The second-order valence-corrected chi connectivity index (χ2v) is 5.78. The van der Waals surface area contributed by atoms with Crippen LogP contribution in [0.1, 0.15) is 31.0 Å². The molecule has 1 atom stereocenters. The first-order valence-electron chi connectivity index (χ1n) is 6.95. The molecule has 5 heteroatoms. The van der Waals surface area contributed by atoms with Gasteiger partial charge in [0, 0.05) is 28.8 Å². The molecule has 0 aliphatic carbocycles. The molecule has 2 heterocycles. The fraction of sp³-hybridized carbons (Fsp3) is 0.250. The maximum absolute atomic E-state index is 10.7. The number of para-hydroxylation sites is 1. The SMILES string of the molecule is CCCn1ccnc1C(O)c1nc2ccccc2cc1Br. The summed E-state index contributed by atoms with van der Waals surface area (Å²) < 4.78 is 2.76. The summed E-state index contributed by atoms with van der Waals surface area (Å²) in [6.45, 7) is 2.93. The van der Waals surface area contributed by atoms with Gasteiger partial charge in [-0.3, -0.25) is 0 Å². The summed E-state index contributed by atoms with van der Waals surface area (Å²) >= 11 is 3.51. The first-order chi connectivity index (χ1) is 10.2. The summed E-state index contributed by atoms with van der Waals surface area (Å²) in [5, 5.41) is 11.7. The molecule has 0 bridgehead atoms. The summed E-state index contributed by atoms with van der Waals surface area (Å²) in [5.74, 6) is 0.625. The van der Waals surface area contributed by atoms with Crippen molar-refractivity contribution in [2.75, 3.05) is 0 Å². The first kappa shape index (κ1) is 14.2. The summed E-state index contributed by atoms with van der Waals surface area (Å²) in [6, 6.07) is 9.84. The van der Waals surface area contributed by atoms with Crippen molar-refractivity contribution in [3.63, 3.8) is 0 Å². The van der Waals surface area contributed by atoms with Crippen molar-refractivity contribution in [2.24, 2.45) is 0 Å². The number of rotatable bonds is 4. The topological polar surface area (TPSA) is 50.9 Å². The van der Waals surface area contributed by atoms with Crippen molar-refractivity contribution in [3.8, 4) is 0 Å². The molecule has 0 aliphatic rings. The third-order valence-electron chi connectivity index (χ3n) is 3.42. The molecule has 0 spiro atoms. The Hall–Kier alpha value is -1.72. The van der Waals surface area contributed by atoms with Crippen LogP contribution in [-0.2, 0) is 6.54 Å². The molecule has 0 radical (unpaired) electrons. The van der Waals surface area contributed by atoms with Gasteiger partial charge >= 0.3 is 0 Å². The number of benzene rings is 1. The molecule has 3 aromatic rings. The standard InChI is InChI=1S/C16H16BrN3O/c1-2-8-20-9-7-18-16(20)15(21)14-12(17)10-11-5-3-4-6-13(11)19-14/h3-7,9-10,15,21H,2,8H2,1H3. The fourth-order valence-corrected chi connectivity index (χ4v) is 2.97. The molecular weight excluding hydrogens is 330 g/mol. The number of halogens is 1. The fourth-order valence-electron chi connectivity index (χ4n) is 2.42. The van der Waals surface area contributed by atoms with Crippen molar-refractivity contribution >= 4 is 26.8 Å². The Morgan fingerprint density at radius 1 is 1.33 bits per heavy atom. The number of nitrogens with zero attached hydrogens (tertiary/aromatic N) is 3. The lowest BCUT2D eigenvalue weighted by Gasteiger charge is -2.14. The largest absolute Gasteiger partial charge is 0.379 e. The Balaban J connectivity index is 2.06. The van der Waals surface area contributed by atoms with Crippen molar-refractivity contribution in [1.82, 2.24) is 14.5 Å². The van der Waals surface area contributed by atoms with Gasteiger partial charge in [0.1, 0.15) is 5.82 Å². The van der Waals surface area contributed by atoms with E-state index in [9.17, 15) is 5.11 Å². The minimum absolute atomic E-state index is 0.595. The molecule has 0 fully saturated rings. The molecule has 1 unspecified atom stereocenters. The van der Waals surface area contributed by atoms with Gasteiger partial charge in [0.2, 0.25) is 0 Å². The van der Waals surface area contributed by atoms with Crippen molar-refractivity contribution in [2.45, 2.75) is 26.0 Å². The summed E-state index contributed by atoms with van der Waals surface area (Å²) in [7, 11) is 0. The number of pyridine rings is 1. The molecule has 0 saturated heterocycles. The van der Waals surface area contributed by atoms with E-state index >= 15 is 0 Å². The van der Waals surface area contributed by atoms with Crippen LogP contribution in [0.2, 0.25) is 0 Å². The lowest BCUT2D eigenvalue weighted by atomic mass is 10.1. The number of aliphatic hydroxyl groups excluding tert-OH is 1. The number of imidazole rings is 1. The molecule has 1 aromatic carbocycles. The lowest BCUT2D eigenvalue weighted by molar-refractivity contribution is 0.199. The van der Waals surface area contributed by atoms with Crippen LogP contribution in [0.5, 0.6) is 0 Å². The summed E-state index contributed by atoms with van der Waals surface area (Å²) in [5.41, 5.74) is 1.46. The molecule has 108 valence electrons. The van der Waals surface area contributed by atoms with Crippen LogP contribution in [0.4, 0.5) is 0 Å². The van der Waals surface area contributed by atoms with Gasteiger partial charge in [-0.05, 0) is 34.5 Å². The van der Waals surface area contributed by atoms with Gasteiger partial charge in [0.25, 0.3) is 0 Å². The Morgan fingerprint density at radius 2 is 2.14 bits per heavy atom. The van der Waals surface area contributed by atoms with Crippen LogP contribution >= 0.6 is 15.9 Å². The normalized spacial score (nSPS) is 12.7. The minimum atomic E-state index is -0.842. The third kappa shape index (κ3) is 2.71. The molecule has 0 saturated carbocycles. The van der Waals surface area contributed by atoms with E-state index < -0.39 is 6.10 Å². The van der Waals surface area contributed by atoms with E-state index in [4.69, 9.17) is 0 Å². The Bertz CT molecular complexity index is 769. The van der Waals surface area contributed by atoms with Crippen molar-refractivity contribution < 1.29 is 5.11 Å². The summed E-state index contributed by atoms with van der Waals surface area (Å²) in [6.07, 6.45) is 3.74. The van der Waals surface area contributed by atoms with Crippen LogP contribution in [0.3, 0.4) is 0 Å². The molecule has 21 heavy (non-hydrogen) atoms. The number of hydrogen-bond donors (Lipinski definition) is 1. The third-order valence-corrected chi connectivity index (χ3v) is 4.06. The van der Waals surface area contributed by atoms with E-state index in [0.717, 1.165) is 28.3 Å². The van der Waals surface area contributed by atoms with Gasteiger partial charge in [-0.25, -0.2) is 9.97 Å². The highest BCUT2D eigenvalue weighted by atomic mass is 79.9. The number of hydrogen-bond acceptors (Lipinski definition) is 3. The van der Waals surface area contributed by atoms with E-state index in [2.05, 4.69) is 32.8 Å². The predicted octanol–water partition coefficient (Wildman–Crippen LogP) is 3.69. The van der Waals surface area contributed by atoms with Crippen LogP contribution in [0, 0.1) is 0 Å². The van der Waals surface area contributed by atoms with Crippen molar-refractivity contribution in [1.29, 1.82) is 0 Å². The highest BCUT2D eigenvalue weighted by Crippen LogP contribution is 2.29. The quantitative estimate of drug-likeness (QED) is 0.784. The lowest BCUT2D eigenvalue weighted by Crippen LogP contribution is -2.11. The molecule has 4 nitrogen and oxygen atoms in total. The number of aryl methyl sites for hydroxylation is 1.